The molecular weight excluding hydrogens is 192 g/mol. The van der Waals surface area contributed by atoms with E-state index in [4.69, 9.17) is 5.11 Å². The van der Waals surface area contributed by atoms with Crippen molar-refractivity contribution >= 4 is 11.6 Å². The Morgan fingerprint density at radius 1 is 1.40 bits per heavy atom. The summed E-state index contributed by atoms with van der Waals surface area (Å²) in [6, 6.07) is 2.07. The first-order valence-corrected chi connectivity index (χ1v) is 5.19. The van der Waals surface area contributed by atoms with E-state index in [1.165, 1.54) is 6.33 Å². The number of aliphatic hydroxyl groups is 1. The summed E-state index contributed by atoms with van der Waals surface area (Å²) in [5.41, 5.74) is 0. The molecule has 3 N–H and O–H groups in total. The van der Waals surface area contributed by atoms with Gasteiger partial charge in [0.05, 0.1) is 0 Å². The highest BCUT2D eigenvalue weighted by atomic mass is 16.3. The van der Waals surface area contributed by atoms with Crippen molar-refractivity contribution in [3.63, 3.8) is 0 Å². The van der Waals surface area contributed by atoms with Gasteiger partial charge in [-0.05, 0) is 20.3 Å². The van der Waals surface area contributed by atoms with Crippen molar-refractivity contribution in [3.05, 3.63) is 12.4 Å². The Bertz CT molecular complexity index is 293. The van der Waals surface area contributed by atoms with Gasteiger partial charge in [0.25, 0.3) is 0 Å². The molecule has 1 atom stereocenters. The van der Waals surface area contributed by atoms with Gasteiger partial charge in [0, 0.05) is 25.3 Å². The molecule has 0 aliphatic rings. The zero-order chi connectivity index (χ0) is 11.1. The SMILES string of the molecule is CCNc1cc(NC(C)CCO)ncn1. The molecule has 0 aliphatic heterocycles. The fourth-order valence-corrected chi connectivity index (χ4v) is 1.23. The summed E-state index contributed by atoms with van der Waals surface area (Å²) in [5.74, 6) is 1.59. The van der Waals surface area contributed by atoms with Crippen molar-refractivity contribution < 1.29 is 5.11 Å². The molecule has 5 nitrogen and oxygen atoms in total. The largest absolute Gasteiger partial charge is 0.396 e. The molecule has 0 bridgehead atoms. The van der Waals surface area contributed by atoms with E-state index >= 15 is 0 Å². The molecule has 1 aromatic rings. The molecule has 0 aromatic carbocycles. The second-order valence-electron chi connectivity index (χ2n) is 3.38. The van der Waals surface area contributed by atoms with Crippen LogP contribution in [0.5, 0.6) is 0 Å². The van der Waals surface area contributed by atoms with Crippen LogP contribution in [0.15, 0.2) is 12.4 Å². The number of nitrogens with one attached hydrogen (secondary N) is 2. The van der Waals surface area contributed by atoms with Crippen molar-refractivity contribution in [3.8, 4) is 0 Å². The lowest BCUT2D eigenvalue weighted by molar-refractivity contribution is 0.282. The molecule has 1 aromatic heterocycles. The first-order valence-electron chi connectivity index (χ1n) is 5.19. The summed E-state index contributed by atoms with van der Waals surface area (Å²) in [6.07, 6.45) is 2.23. The molecule has 0 amide bonds. The fourth-order valence-electron chi connectivity index (χ4n) is 1.23. The molecule has 0 fully saturated rings. The minimum atomic E-state index is 0.180. The predicted octanol–water partition coefficient (Wildman–Crippen LogP) is 1.09. The number of aliphatic hydroxyl groups excluding tert-OH is 1. The molecule has 0 saturated carbocycles. The normalized spacial score (nSPS) is 12.2. The molecule has 1 unspecified atom stereocenters. The van der Waals surface area contributed by atoms with Gasteiger partial charge in [-0.15, -0.1) is 0 Å². The highest BCUT2D eigenvalue weighted by molar-refractivity contribution is 5.46. The quantitative estimate of drug-likeness (QED) is 0.655. The summed E-state index contributed by atoms with van der Waals surface area (Å²) in [4.78, 5) is 8.17. The standard InChI is InChI=1S/C10H18N4O/c1-3-11-9-6-10(13-7-12-9)14-8(2)4-5-15/h6-8,15H,3-5H2,1-2H3,(H2,11,12,13,14). The van der Waals surface area contributed by atoms with E-state index in [9.17, 15) is 0 Å². The maximum Gasteiger partial charge on any atom is 0.131 e. The van der Waals surface area contributed by atoms with E-state index in [-0.39, 0.29) is 12.6 Å². The Labute approximate surface area is 90.0 Å². The second-order valence-corrected chi connectivity index (χ2v) is 3.38. The molecule has 0 spiro atoms. The van der Waals surface area contributed by atoms with E-state index in [1.54, 1.807) is 0 Å². The second kappa shape index (κ2) is 6.19. The van der Waals surface area contributed by atoms with Gasteiger partial charge in [-0.2, -0.15) is 0 Å². The van der Waals surface area contributed by atoms with Gasteiger partial charge in [-0.1, -0.05) is 0 Å². The average molecular weight is 210 g/mol. The topological polar surface area (TPSA) is 70.1 Å². The molecule has 0 aliphatic carbocycles. The van der Waals surface area contributed by atoms with Gasteiger partial charge in [0.2, 0.25) is 0 Å². The summed E-state index contributed by atoms with van der Waals surface area (Å²) in [5, 5.41) is 15.1. The molecule has 0 saturated heterocycles. The Balaban J connectivity index is 2.56. The van der Waals surface area contributed by atoms with Crippen LogP contribution in [-0.2, 0) is 0 Å². The maximum atomic E-state index is 8.77. The molecule has 5 heteroatoms. The van der Waals surface area contributed by atoms with Crippen LogP contribution in [0.1, 0.15) is 20.3 Å². The summed E-state index contributed by atoms with van der Waals surface area (Å²) in [6.45, 7) is 5.04. The summed E-state index contributed by atoms with van der Waals surface area (Å²) >= 11 is 0. The Kier molecular flexibility index (Phi) is 4.83. The number of rotatable bonds is 6. The van der Waals surface area contributed by atoms with E-state index < -0.39 is 0 Å². The third kappa shape index (κ3) is 4.12. The first-order chi connectivity index (χ1) is 7.26. The highest BCUT2D eigenvalue weighted by Crippen LogP contribution is 2.10. The van der Waals surface area contributed by atoms with Gasteiger partial charge in [0.1, 0.15) is 18.0 Å². The van der Waals surface area contributed by atoms with E-state index in [2.05, 4.69) is 20.6 Å². The van der Waals surface area contributed by atoms with Crippen molar-refractivity contribution in [2.24, 2.45) is 0 Å². The smallest absolute Gasteiger partial charge is 0.131 e. The van der Waals surface area contributed by atoms with E-state index in [0.717, 1.165) is 18.2 Å². The monoisotopic (exact) mass is 210 g/mol. The zero-order valence-electron chi connectivity index (χ0n) is 9.20. The third-order valence-corrected chi connectivity index (χ3v) is 1.98. The van der Waals surface area contributed by atoms with Crippen molar-refractivity contribution in [2.75, 3.05) is 23.8 Å². The maximum absolute atomic E-state index is 8.77. The van der Waals surface area contributed by atoms with Crippen LogP contribution in [0.25, 0.3) is 0 Å². The lowest BCUT2D eigenvalue weighted by atomic mass is 10.2. The molecule has 1 rings (SSSR count). The van der Waals surface area contributed by atoms with Gasteiger partial charge in [-0.25, -0.2) is 9.97 Å². The molecular formula is C10H18N4O. The van der Waals surface area contributed by atoms with Crippen LogP contribution in [0.2, 0.25) is 0 Å². The van der Waals surface area contributed by atoms with Crippen LogP contribution in [-0.4, -0.2) is 34.3 Å². The van der Waals surface area contributed by atoms with Crippen LogP contribution in [0.4, 0.5) is 11.6 Å². The number of hydrogen-bond acceptors (Lipinski definition) is 5. The molecule has 15 heavy (non-hydrogen) atoms. The molecule has 1 heterocycles. The van der Waals surface area contributed by atoms with Crippen LogP contribution in [0, 0.1) is 0 Å². The summed E-state index contributed by atoms with van der Waals surface area (Å²) in [7, 11) is 0. The zero-order valence-corrected chi connectivity index (χ0v) is 9.20. The first kappa shape index (κ1) is 11.7. The van der Waals surface area contributed by atoms with E-state index in [0.29, 0.717) is 6.42 Å². The lowest BCUT2D eigenvalue weighted by Gasteiger charge is -2.13. The Morgan fingerprint density at radius 2 is 2.13 bits per heavy atom. The minimum absolute atomic E-state index is 0.180. The predicted molar refractivity (Wildman–Crippen MR) is 61.0 cm³/mol. The lowest BCUT2D eigenvalue weighted by Crippen LogP contribution is -2.17. The number of anilines is 2. The summed E-state index contributed by atoms with van der Waals surface area (Å²) < 4.78 is 0. The van der Waals surface area contributed by atoms with Crippen LogP contribution in [0.3, 0.4) is 0 Å². The minimum Gasteiger partial charge on any atom is -0.396 e. The van der Waals surface area contributed by atoms with Crippen molar-refractivity contribution in [2.45, 2.75) is 26.3 Å². The number of hydrogen-bond donors (Lipinski definition) is 3. The molecule has 84 valence electrons. The third-order valence-electron chi connectivity index (χ3n) is 1.98. The highest BCUT2D eigenvalue weighted by Gasteiger charge is 2.02. The van der Waals surface area contributed by atoms with Crippen molar-refractivity contribution in [1.29, 1.82) is 0 Å². The fraction of sp³-hybridized carbons (Fsp3) is 0.600. The van der Waals surface area contributed by atoms with Gasteiger partial charge in [0.15, 0.2) is 0 Å². The molecule has 0 radical (unpaired) electrons. The number of aromatic nitrogens is 2. The van der Waals surface area contributed by atoms with E-state index in [1.807, 2.05) is 19.9 Å². The van der Waals surface area contributed by atoms with Gasteiger partial charge >= 0.3 is 0 Å². The van der Waals surface area contributed by atoms with Gasteiger partial charge in [-0.3, -0.25) is 0 Å². The van der Waals surface area contributed by atoms with Crippen LogP contribution < -0.4 is 10.6 Å². The average Bonchev–Trinajstić information content (AvgIpc) is 2.19. The van der Waals surface area contributed by atoms with Crippen LogP contribution >= 0.6 is 0 Å². The van der Waals surface area contributed by atoms with Gasteiger partial charge < -0.3 is 15.7 Å². The Hall–Kier alpha value is -1.36. The number of nitrogens with zero attached hydrogens (tertiary/aromatic N) is 2. The van der Waals surface area contributed by atoms with Crippen molar-refractivity contribution in [1.82, 2.24) is 9.97 Å². The Morgan fingerprint density at radius 3 is 2.80 bits per heavy atom.